The van der Waals surface area contributed by atoms with Gasteiger partial charge in [-0.15, -0.1) is 13.2 Å². The number of hydrogen-bond acceptors (Lipinski definition) is 1. The van der Waals surface area contributed by atoms with Crippen molar-refractivity contribution in [1.29, 1.82) is 0 Å². The number of rotatable bonds is 7. The lowest BCUT2D eigenvalue weighted by Gasteiger charge is -2.28. The van der Waals surface area contributed by atoms with Gasteiger partial charge in [0.05, 0.1) is 13.2 Å². The third-order valence-electron chi connectivity index (χ3n) is 5.36. The van der Waals surface area contributed by atoms with E-state index >= 15 is 0 Å². The van der Waals surface area contributed by atoms with Crippen molar-refractivity contribution in [1.82, 2.24) is 0 Å². The molecule has 2 aromatic carbocycles. The van der Waals surface area contributed by atoms with Crippen LogP contribution in [0.4, 0.5) is 4.39 Å². The molecule has 3 rings (SSSR count). The van der Waals surface area contributed by atoms with Crippen LogP contribution in [0.15, 0.2) is 67.8 Å². The van der Waals surface area contributed by atoms with Crippen molar-refractivity contribution in [3.8, 4) is 11.1 Å². The Morgan fingerprint density at radius 2 is 1.81 bits per heavy atom. The topological polar surface area (TPSA) is 9.23 Å². The zero-order valence-electron chi connectivity index (χ0n) is 15.3. The van der Waals surface area contributed by atoms with Crippen LogP contribution in [-0.4, -0.2) is 6.61 Å². The Balaban J connectivity index is 1.82. The molecule has 0 saturated heterocycles. The van der Waals surface area contributed by atoms with E-state index in [1.54, 1.807) is 12.1 Å². The van der Waals surface area contributed by atoms with Crippen LogP contribution in [0.25, 0.3) is 11.1 Å². The zero-order valence-corrected chi connectivity index (χ0v) is 15.3. The van der Waals surface area contributed by atoms with Crippen LogP contribution in [0, 0.1) is 11.7 Å². The van der Waals surface area contributed by atoms with Gasteiger partial charge in [0, 0.05) is 5.56 Å². The van der Waals surface area contributed by atoms with E-state index in [-0.39, 0.29) is 12.4 Å². The fourth-order valence-electron chi connectivity index (χ4n) is 3.87. The van der Waals surface area contributed by atoms with Gasteiger partial charge in [0.1, 0.15) is 5.82 Å². The van der Waals surface area contributed by atoms with E-state index < -0.39 is 0 Å². The molecule has 2 heteroatoms. The summed E-state index contributed by atoms with van der Waals surface area (Å²) in [6, 6.07) is 13.9. The maximum Gasteiger partial charge on any atom is 0.129 e. The van der Waals surface area contributed by atoms with Gasteiger partial charge in [-0.25, -0.2) is 4.39 Å². The van der Waals surface area contributed by atoms with Gasteiger partial charge in [-0.1, -0.05) is 48.6 Å². The highest BCUT2D eigenvalue weighted by atomic mass is 19.1. The lowest BCUT2D eigenvalue weighted by molar-refractivity contribution is 0.146. The van der Waals surface area contributed by atoms with Crippen molar-refractivity contribution < 1.29 is 9.13 Å². The molecule has 0 aliphatic heterocycles. The molecule has 136 valence electrons. The molecule has 0 radical (unpaired) electrons. The molecule has 1 aliphatic carbocycles. The monoisotopic (exact) mass is 350 g/mol. The van der Waals surface area contributed by atoms with Crippen molar-refractivity contribution in [2.75, 3.05) is 6.61 Å². The molecule has 0 unspecified atom stereocenters. The minimum absolute atomic E-state index is 0.211. The highest BCUT2D eigenvalue weighted by molar-refractivity contribution is 5.68. The number of benzene rings is 2. The Morgan fingerprint density at radius 3 is 2.50 bits per heavy atom. The maximum atomic E-state index is 14.5. The fraction of sp³-hybridized carbons (Fsp3) is 0.333. The quantitative estimate of drug-likeness (QED) is 0.401. The Morgan fingerprint density at radius 1 is 1.04 bits per heavy atom. The van der Waals surface area contributed by atoms with Crippen molar-refractivity contribution in [2.45, 2.75) is 38.2 Å². The predicted molar refractivity (Wildman–Crippen MR) is 107 cm³/mol. The summed E-state index contributed by atoms with van der Waals surface area (Å²) in [5.41, 5.74) is 4.01. The van der Waals surface area contributed by atoms with Crippen molar-refractivity contribution >= 4 is 0 Å². The summed E-state index contributed by atoms with van der Waals surface area (Å²) in [6.45, 7) is 8.24. The molecule has 0 aromatic heterocycles. The molecular formula is C24H27FO. The second-order valence-corrected chi connectivity index (χ2v) is 7.04. The normalized spacial score (nSPS) is 19.9. The lowest BCUT2D eigenvalue weighted by atomic mass is 9.77. The van der Waals surface area contributed by atoms with Gasteiger partial charge in [0.25, 0.3) is 0 Å². The summed E-state index contributed by atoms with van der Waals surface area (Å²) < 4.78 is 19.9. The van der Waals surface area contributed by atoms with Crippen molar-refractivity contribution in [2.24, 2.45) is 5.92 Å². The summed E-state index contributed by atoms with van der Waals surface area (Å²) in [4.78, 5) is 0. The first kappa shape index (κ1) is 18.6. The minimum Gasteiger partial charge on any atom is -0.373 e. The van der Waals surface area contributed by atoms with E-state index in [2.05, 4.69) is 37.4 Å². The Labute approximate surface area is 156 Å². The third-order valence-corrected chi connectivity index (χ3v) is 5.36. The van der Waals surface area contributed by atoms with E-state index in [1.807, 2.05) is 18.2 Å². The van der Waals surface area contributed by atoms with Crippen molar-refractivity contribution in [3.63, 3.8) is 0 Å². The zero-order chi connectivity index (χ0) is 18.4. The van der Waals surface area contributed by atoms with E-state index in [0.29, 0.717) is 24.0 Å². The van der Waals surface area contributed by atoms with Gasteiger partial charge in [-0.2, -0.15) is 0 Å². The highest BCUT2D eigenvalue weighted by Gasteiger charge is 2.23. The van der Waals surface area contributed by atoms with Gasteiger partial charge in [0.2, 0.25) is 0 Å². The number of hydrogen-bond donors (Lipinski definition) is 0. The van der Waals surface area contributed by atoms with E-state index in [1.165, 1.54) is 31.2 Å². The first-order valence-corrected chi connectivity index (χ1v) is 9.42. The molecular weight excluding hydrogens is 323 g/mol. The van der Waals surface area contributed by atoms with Crippen LogP contribution in [-0.2, 0) is 11.3 Å². The van der Waals surface area contributed by atoms with E-state index in [0.717, 1.165) is 11.1 Å². The van der Waals surface area contributed by atoms with Crippen LogP contribution >= 0.6 is 0 Å². The Bertz CT molecular complexity index is 757. The molecule has 1 aliphatic rings. The Kier molecular flexibility index (Phi) is 6.40. The van der Waals surface area contributed by atoms with Crippen LogP contribution in [0.3, 0.4) is 0 Å². The molecule has 0 atom stereocenters. The number of allylic oxidation sites excluding steroid dienone is 1. The SMILES string of the molecule is C=CCOCc1ccc(-c2ccccc2C2CCC(C=C)CC2)cc1F. The second-order valence-electron chi connectivity index (χ2n) is 7.04. The van der Waals surface area contributed by atoms with Crippen LogP contribution in [0.2, 0.25) is 0 Å². The van der Waals surface area contributed by atoms with Crippen LogP contribution in [0.1, 0.15) is 42.7 Å². The summed E-state index contributed by atoms with van der Waals surface area (Å²) >= 11 is 0. The summed E-state index contributed by atoms with van der Waals surface area (Å²) in [6.07, 6.45) is 8.48. The molecule has 0 amide bonds. The van der Waals surface area contributed by atoms with Gasteiger partial charge in [-0.3, -0.25) is 0 Å². The molecule has 1 fully saturated rings. The van der Waals surface area contributed by atoms with Gasteiger partial charge in [0.15, 0.2) is 0 Å². The largest absolute Gasteiger partial charge is 0.373 e. The van der Waals surface area contributed by atoms with Gasteiger partial charge >= 0.3 is 0 Å². The molecule has 0 N–H and O–H groups in total. The van der Waals surface area contributed by atoms with E-state index in [9.17, 15) is 4.39 Å². The molecule has 1 nitrogen and oxygen atoms in total. The molecule has 0 bridgehead atoms. The van der Waals surface area contributed by atoms with Gasteiger partial charge in [-0.05, 0) is 60.3 Å². The van der Waals surface area contributed by atoms with Crippen LogP contribution < -0.4 is 0 Å². The highest BCUT2D eigenvalue weighted by Crippen LogP contribution is 2.40. The fourth-order valence-corrected chi connectivity index (χ4v) is 3.87. The number of halogens is 1. The van der Waals surface area contributed by atoms with Crippen molar-refractivity contribution in [3.05, 3.63) is 84.7 Å². The lowest BCUT2D eigenvalue weighted by Crippen LogP contribution is -2.12. The summed E-state index contributed by atoms with van der Waals surface area (Å²) in [5.74, 6) is 0.975. The first-order valence-electron chi connectivity index (χ1n) is 9.42. The third kappa shape index (κ3) is 4.31. The first-order chi connectivity index (χ1) is 12.7. The molecule has 26 heavy (non-hydrogen) atoms. The molecule has 2 aromatic rings. The summed E-state index contributed by atoms with van der Waals surface area (Å²) in [7, 11) is 0. The Hall–Kier alpha value is -2.19. The molecule has 0 spiro atoms. The standard InChI is InChI=1S/C24H27FO/c1-3-15-26-17-21-14-13-20(16-24(21)25)23-8-6-5-7-22(23)19-11-9-18(4-2)10-12-19/h3-8,13-14,16,18-19H,1-2,9-12,15,17H2. The minimum atomic E-state index is -0.211. The average molecular weight is 350 g/mol. The second kappa shape index (κ2) is 8.95. The predicted octanol–water partition coefficient (Wildman–Crippen LogP) is 6.66. The molecule has 1 saturated carbocycles. The molecule has 0 heterocycles. The maximum absolute atomic E-state index is 14.5. The average Bonchev–Trinajstić information content (AvgIpc) is 2.69. The van der Waals surface area contributed by atoms with Crippen LogP contribution in [0.5, 0.6) is 0 Å². The van der Waals surface area contributed by atoms with E-state index in [4.69, 9.17) is 4.74 Å². The smallest absolute Gasteiger partial charge is 0.129 e. The van der Waals surface area contributed by atoms with Gasteiger partial charge < -0.3 is 4.74 Å². The number of ether oxygens (including phenoxy) is 1. The summed E-state index contributed by atoms with van der Waals surface area (Å²) in [5, 5.41) is 0.